The maximum atomic E-state index is 12.3. The third-order valence-corrected chi connectivity index (χ3v) is 3.99. The van der Waals surface area contributed by atoms with E-state index in [1.165, 1.54) is 0 Å². The first-order valence-corrected chi connectivity index (χ1v) is 7.33. The van der Waals surface area contributed by atoms with E-state index in [9.17, 15) is 4.79 Å². The lowest BCUT2D eigenvalue weighted by atomic mass is 10.0. The molecule has 1 aliphatic rings. The van der Waals surface area contributed by atoms with Gasteiger partial charge in [0.25, 0.3) is 0 Å². The van der Waals surface area contributed by atoms with Gasteiger partial charge in [0, 0.05) is 18.7 Å². The largest absolute Gasteiger partial charge is 0.380 e. The van der Waals surface area contributed by atoms with Crippen LogP contribution < -0.4 is 10.6 Å². The van der Waals surface area contributed by atoms with Crippen molar-refractivity contribution in [1.29, 1.82) is 0 Å². The van der Waals surface area contributed by atoms with Crippen molar-refractivity contribution in [3.63, 3.8) is 0 Å². The first-order valence-electron chi connectivity index (χ1n) is 6.96. The Kier molecular flexibility index (Phi) is 5.40. The molecule has 1 aromatic carbocycles. The summed E-state index contributed by atoms with van der Waals surface area (Å²) in [4.78, 5) is 12.3. The van der Waals surface area contributed by atoms with Crippen molar-refractivity contribution in [2.75, 3.05) is 13.7 Å². The van der Waals surface area contributed by atoms with Crippen molar-refractivity contribution in [3.05, 3.63) is 34.9 Å². The molecule has 0 radical (unpaired) electrons. The van der Waals surface area contributed by atoms with E-state index in [1.54, 1.807) is 7.11 Å². The molecule has 1 amide bonds. The summed E-state index contributed by atoms with van der Waals surface area (Å²) in [6.45, 7) is 2.78. The van der Waals surface area contributed by atoms with Crippen LogP contribution in [0.15, 0.2) is 24.3 Å². The van der Waals surface area contributed by atoms with Crippen LogP contribution >= 0.6 is 11.6 Å². The molecule has 110 valence electrons. The van der Waals surface area contributed by atoms with Gasteiger partial charge < -0.3 is 15.4 Å². The minimum atomic E-state index is -0.165. The standard InChI is InChI=1S/C15H21ClN2O2/c1-3-13(10-4-6-11(16)7-5-10)18-15(19)14-8-12(20-2)9-17-14/h4-7,12-14,17H,3,8-9H2,1-2H3,(H,18,19). The predicted molar refractivity (Wildman–Crippen MR) is 79.8 cm³/mol. The molecular weight excluding hydrogens is 276 g/mol. The van der Waals surface area contributed by atoms with Gasteiger partial charge in [0.05, 0.1) is 18.2 Å². The van der Waals surface area contributed by atoms with Gasteiger partial charge in [-0.25, -0.2) is 0 Å². The molecule has 2 rings (SSSR count). The second-order valence-electron chi connectivity index (χ2n) is 5.08. The number of nitrogens with one attached hydrogen (secondary N) is 2. The summed E-state index contributed by atoms with van der Waals surface area (Å²) in [5.74, 6) is 0.0337. The van der Waals surface area contributed by atoms with E-state index >= 15 is 0 Å². The van der Waals surface area contributed by atoms with Gasteiger partial charge in [-0.2, -0.15) is 0 Å². The van der Waals surface area contributed by atoms with Gasteiger partial charge in [-0.05, 0) is 30.5 Å². The zero-order chi connectivity index (χ0) is 14.5. The van der Waals surface area contributed by atoms with Crippen LogP contribution in [0.5, 0.6) is 0 Å². The van der Waals surface area contributed by atoms with Crippen molar-refractivity contribution < 1.29 is 9.53 Å². The fourth-order valence-electron chi connectivity index (χ4n) is 2.47. The Labute approximate surface area is 124 Å². The van der Waals surface area contributed by atoms with E-state index in [1.807, 2.05) is 24.3 Å². The first-order chi connectivity index (χ1) is 9.63. The Balaban J connectivity index is 1.96. The normalized spacial score (nSPS) is 23.6. The lowest BCUT2D eigenvalue weighted by molar-refractivity contribution is -0.123. The Morgan fingerprint density at radius 2 is 2.20 bits per heavy atom. The van der Waals surface area contributed by atoms with Crippen LogP contribution in [-0.4, -0.2) is 31.7 Å². The second kappa shape index (κ2) is 7.07. The molecule has 0 saturated carbocycles. The second-order valence-corrected chi connectivity index (χ2v) is 5.51. The van der Waals surface area contributed by atoms with Gasteiger partial charge >= 0.3 is 0 Å². The SMILES string of the molecule is CCC(NC(=O)C1CC(OC)CN1)c1ccc(Cl)cc1. The molecule has 5 heteroatoms. The molecule has 0 aliphatic carbocycles. The molecule has 4 nitrogen and oxygen atoms in total. The highest BCUT2D eigenvalue weighted by atomic mass is 35.5. The molecule has 0 spiro atoms. The highest BCUT2D eigenvalue weighted by Gasteiger charge is 2.30. The minimum absolute atomic E-state index is 0.0168. The first kappa shape index (κ1) is 15.3. The minimum Gasteiger partial charge on any atom is -0.380 e. The molecule has 1 saturated heterocycles. The van der Waals surface area contributed by atoms with E-state index in [0.29, 0.717) is 5.02 Å². The van der Waals surface area contributed by atoms with Gasteiger partial charge in [-0.15, -0.1) is 0 Å². The molecule has 20 heavy (non-hydrogen) atoms. The number of ether oxygens (including phenoxy) is 1. The Bertz CT molecular complexity index is 450. The molecule has 3 unspecified atom stereocenters. The van der Waals surface area contributed by atoms with Gasteiger partial charge in [0.15, 0.2) is 0 Å². The Morgan fingerprint density at radius 3 is 2.75 bits per heavy atom. The number of amides is 1. The Morgan fingerprint density at radius 1 is 1.50 bits per heavy atom. The molecule has 1 heterocycles. The molecule has 3 atom stereocenters. The van der Waals surface area contributed by atoms with Crippen LogP contribution in [0.1, 0.15) is 31.4 Å². The van der Waals surface area contributed by atoms with Crippen LogP contribution in [-0.2, 0) is 9.53 Å². The van der Waals surface area contributed by atoms with Crippen molar-refractivity contribution in [1.82, 2.24) is 10.6 Å². The number of hydrogen-bond acceptors (Lipinski definition) is 3. The van der Waals surface area contributed by atoms with Crippen molar-refractivity contribution in [2.45, 2.75) is 38.0 Å². The number of hydrogen-bond donors (Lipinski definition) is 2. The third kappa shape index (κ3) is 3.72. The third-order valence-electron chi connectivity index (χ3n) is 3.74. The highest BCUT2D eigenvalue weighted by molar-refractivity contribution is 6.30. The average Bonchev–Trinajstić information content (AvgIpc) is 2.94. The summed E-state index contributed by atoms with van der Waals surface area (Å²) in [6, 6.07) is 7.46. The van der Waals surface area contributed by atoms with Crippen LogP contribution in [0.3, 0.4) is 0 Å². The zero-order valence-corrected chi connectivity index (χ0v) is 12.6. The lowest BCUT2D eigenvalue weighted by Gasteiger charge is -2.20. The number of carbonyl (C=O) groups excluding carboxylic acids is 1. The topological polar surface area (TPSA) is 50.4 Å². The summed E-state index contributed by atoms with van der Waals surface area (Å²) < 4.78 is 5.26. The van der Waals surface area contributed by atoms with Gasteiger partial charge in [0.2, 0.25) is 5.91 Å². The average molecular weight is 297 g/mol. The molecule has 1 aromatic rings. The molecule has 0 aromatic heterocycles. The van der Waals surface area contributed by atoms with E-state index in [-0.39, 0.29) is 24.1 Å². The van der Waals surface area contributed by atoms with Crippen LogP contribution in [0.4, 0.5) is 0 Å². The molecule has 1 fully saturated rings. The Hall–Kier alpha value is -1.10. The van der Waals surface area contributed by atoms with Crippen LogP contribution in [0, 0.1) is 0 Å². The van der Waals surface area contributed by atoms with Crippen molar-refractivity contribution >= 4 is 17.5 Å². The maximum absolute atomic E-state index is 12.3. The number of methoxy groups -OCH3 is 1. The summed E-state index contributed by atoms with van der Waals surface area (Å²) >= 11 is 5.89. The zero-order valence-electron chi connectivity index (χ0n) is 11.9. The van der Waals surface area contributed by atoms with Gasteiger partial charge in [0.1, 0.15) is 0 Å². The van der Waals surface area contributed by atoms with Gasteiger partial charge in [-0.3, -0.25) is 4.79 Å². The smallest absolute Gasteiger partial charge is 0.237 e. The van der Waals surface area contributed by atoms with Crippen molar-refractivity contribution in [2.24, 2.45) is 0 Å². The highest BCUT2D eigenvalue weighted by Crippen LogP contribution is 2.20. The maximum Gasteiger partial charge on any atom is 0.237 e. The quantitative estimate of drug-likeness (QED) is 0.876. The fourth-order valence-corrected chi connectivity index (χ4v) is 2.60. The van der Waals surface area contributed by atoms with E-state index in [2.05, 4.69) is 17.6 Å². The van der Waals surface area contributed by atoms with E-state index in [0.717, 1.165) is 24.9 Å². The number of benzene rings is 1. The summed E-state index contributed by atoms with van der Waals surface area (Å²) in [5.41, 5.74) is 1.08. The molecular formula is C15H21ClN2O2. The van der Waals surface area contributed by atoms with Gasteiger partial charge in [-0.1, -0.05) is 30.7 Å². The number of carbonyl (C=O) groups is 1. The molecule has 2 N–H and O–H groups in total. The fraction of sp³-hybridized carbons (Fsp3) is 0.533. The van der Waals surface area contributed by atoms with Crippen molar-refractivity contribution in [3.8, 4) is 0 Å². The summed E-state index contributed by atoms with van der Waals surface area (Å²) in [7, 11) is 1.68. The van der Waals surface area contributed by atoms with E-state index < -0.39 is 0 Å². The summed E-state index contributed by atoms with van der Waals surface area (Å²) in [5, 5.41) is 6.98. The van der Waals surface area contributed by atoms with Crippen LogP contribution in [0.2, 0.25) is 5.02 Å². The lowest BCUT2D eigenvalue weighted by Crippen LogP contribution is -2.41. The van der Waals surface area contributed by atoms with Crippen LogP contribution in [0.25, 0.3) is 0 Å². The predicted octanol–water partition coefficient (Wildman–Crippen LogP) is 2.28. The monoisotopic (exact) mass is 296 g/mol. The number of halogens is 1. The summed E-state index contributed by atoms with van der Waals surface area (Å²) in [6.07, 6.45) is 1.69. The molecule has 1 aliphatic heterocycles. The van der Waals surface area contributed by atoms with E-state index in [4.69, 9.17) is 16.3 Å². The molecule has 0 bridgehead atoms. The number of rotatable bonds is 5.